The summed E-state index contributed by atoms with van der Waals surface area (Å²) in [4.78, 5) is 2.42. The summed E-state index contributed by atoms with van der Waals surface area (Å²) in [5, 5.41) is 4.60. The molecule has 0 bridgehead atoms. The summed E-state index contributed by atoms with van der Waals surface area (Å²) in [7, 11) is 2.71. The Morgan fingerprint density at radius 3 is 2.31 bits per heavy atom. The second kappa shape index (κ2) is 4.08. The zero-order chi connectivity index (χ0) is 9.10. The van der Waals surface area contributed by atoms with Gasteiger partial charge >= 0.3 is 0 Å². The molecule has 1 saturated heterocycles. The van der Waals surface area contributed by atoms with E-state index in [0.29, 0.717) is 0 Å². The second-order valence-electron chi connectivity index (χ2n) is 3.33. The van der Waals surface area contributed by atoms with Gasteiger partial charge in [0, 0.05) is 31.9 Å². The maximum atomic E-state index is 3.35. The molecule has 2 nitrogen and oxygen atoms in total. The summed E-state index contributed by atoms with van der Waals surface area (Å²) in [5.41, 5.74) is 1.34. The van der Waals surface area contributed by atoms with Crippen LogP contribution in [-0.4, -0.2) is 26.2 Å². The molecule has 0 aliphatic carbocycles. The minimum Gasteiger partial charge on any atom is -0.369 e. The zero-order valence-electron chi connectivity index (χ0n) is 7.66. The molecule has 1 N–H and O–H groups in total. The van der Waals surface area contributed by atoms with Crippen molar-refractivity contribution in [3.8, 4) is 0 Å². The van der Waals surface area contributed by atoms with Gasteiger partial charge in [0.2, 0.25) is 0 Å². The van der Waals surface area contributed by atoms with Gasteiger partial charge < -0.3 is 10.2 Å². The summed E-state index contributed by atoms with van der Waals surface area (Å²) in [5.74, 6) is 0. The number of rotatable bonds is 1. The van der Waals surface area contributed by atoms with E-state index in [9.17, 15) is 0 Å². The van der Waals surface area contributed by atoms with E-state index in [0.717, 1.165) is 26.2 Å². The fourth-order valence-corrected chi connectivity index (χ4v) is 1.80. The Bertz CT molecular complexity index is 265. The Morgan fingerprint density at radius 1 is 1.08 bits per heavy atom. The molecule has 1 fully saturated rings. The van der Waals surface area contributed by atoms with Crippen molar-refractivity contribution >= 4 is 20.2 Å². The summed E-state index contributed by atoms with van der Waals surface area (Å²) in [6.45, 7) is 4.44. The summed E-state index contributed by atoms with van der Waals surface area (Å²) < 4.78 is 0. The standard InChI is InChI=1S/C10H15N2P/c13-10-3-1-9(2-4-10)12-7-5-11-6-8-12/h1-4,11H,5-8,13H2. The first-order chi connectivity index (χ1) is 6.36. The van der Waals surface area contributed by atoms with Gasteiger partial charge in [0.25, 0.3) is 0 Å². The third kappa shape index (κ3) is 2.20. The summed E-state index contributed by atoms with van der Waals surface area (Å²) >= 11 is 0. The number of piperazine rings is 1. The van der Waals surface area contributed by atoms with Gasteiger partial charge in [-0.05, 0) is 17.4 Å². The summed E-state index contributed by atoms with van der Waals surface area (Å²) in [6, 6.07) is 8.66. The van der Waals surface area contributed by atoms with Gasteiger partial charge in [-0.3, -0.25) is 0 Å². The Labute approximate surface area is 81.5 Å². The third-order valence-electron chi connectivity index (χ3n) is 2.38. The number of anilines is 1. The van der Waals surface area contributed by atoms with E-state index in [4.69, 9.17) is 0 Å². The topological polar surface area (TPSA) is 15.3 Å². The number of hydrogen-bond donors (Lipinski definition) is 1. The van der Waals surface area contributed by atoms with Gasteiger partial charge in [0.15, 0.2) is 0 Å². The number of hydrogen-bond acceptors (Lipinski definition) is 2. The minimum absolute atomic E-state index is 1.10. The van der Waals surface area contributed by atoms with Crippen molar-refractivity contribution in [1.82, 2.24) is 5.32 Å². The molecule has 0 saturated carbocycles. The quantitative estimate of drug-likeness (QED) is 0.658. The van der Waals surface area contributed by atoms with Crippen LogP contribution in [0.25, 0.3) is 0 Å². The molecule has 3 heteroatoms. The Balaban J connectivity index is 2.10. The van der Waals surface area contributed by atoms with Crippen LogP contribution in [0, 0.1) is 0 Å². The van der Waals surface area contributed by atoms with Crippen LogP contribution in [0.5, 0.6) is 0 Å². The number of benzene rings is 1. The molecule has 1 aliphatic heterocycles. The highest BCUT2D eigenvalue weighted by molar-refractivity contribution is 7.27. The van der Waals surface area contributed by atoms with Gasteiger partial charge in [-0.25, -0.2) is 0 Å². The lowest BCUT2D eigenvalue weighted by molar-refractivity contribution is 0.589. The molecule has 13 heavy (non-hydrogen) atoms. The van der Waals surface area contributed by atoms with Crippen LogP contribution < -0.4 is 15.5 Å². The van der Waals surface area contributed by atoms with E-state index in [1.807, 2.05) is 0 Å². The Kier molecular flexibility index (Phi) is 2.82. The van der Waals surface area contributed by atoms with Crippen LogP contribution in [-0.2, 0) is 0 Å². The van der Waals surface area contributed by atoms with Crippen molar-refractivity contribution in [2.75, 3.05) is 31.1 Å². The normalized spacial score (nSPS) is 17.5. The molecule has 0 spiro atoms. The van der Waals surface area contributed by atoms with Gasteiger partial charge in [-0.1, -0.05) is 12.1 Å². The first-order valence-corrected chi connectivity index (χ1v) is 5.25. The highest BCUT2D eigenvalue weighted by atomic mass is 31.0. The first kappa shape index (κ1) is 8.98. The average molecular weight is 194 g/mol. The van der Waals surface area contributed by atoms with Crippen LogP contribution in [0.1, 0.15) is 0 Å². The molecular weight excluding hydrogens is 179 g/mol. The lowest BCUT2D eigenvalue weighted by atomic mass is 10.2. The predicted octanol–water partition coefficient (Wildman–Crippen LogP) is 0.597. The Hall–Kier alpha value is -0.590. The van der Waals surface area contributed by atoms with Gasteiger partial charge in [-0.2, -0.15) is 0 Å². The van der Waals surface area contributed by atoms with Crippen LogP contribution >= 0.6 is 9.24 Å². The van der Waals surface area contributed by atoms with Crippen molar-refractivity contribution in [2.45, 2.75) is 0 Å². The van der Waals surface area contributed by atoms with Gasteiger partial charge in [0.05, 0.1) is 0 Å². The minimum atomic E-state index is 1.10. The van der Waals surface area contributed by atoms with E-state index >= 15 is 0 Å². The maximum Gasteiger partial charge on any atom is 0.0367 e. The van der Waals surface area contributed by atoms with Crippen molar-refractivity contribution in [2.24, 2.45) is 0 Å². The van der Waals surface area contributed by atoms with E-state index < -0.39 is 0 Å². The zero-order valence-corrected chi connectivity index (χ0v) is 8.82. The summed E-state index contributed by atoms with van der Waals surface area (Å²) in [6.07, 6.45) is 0. The van der Waals surface area contributed by atoms with Gasteiger partial charge in [-0.15, -0.1) is 9.24 Å². The Morgan fingerprint density at radius 2 is 1.69 bits per heavy atom. The molecule has 0 aromatic heterocycles. The van der Waals surface area contributed by atoms with Crippen LogP contribution in [0.4, 0.5) is 5.69 Å². The third-order valence-corrected chi connectivity index (χ3v) is 2.76. The molecular formula is C10H15N2P. The van der Waals surface area contributed by atoms with E-state index in [-0.39, 0.29) is 0 Å². The first-order valence-electron chi connectivity index (χ1n) is 4.67. The van der Waals surface area contributed by atoms with Crippen LogP contribution in [0.3, 0.4) is 0 Å². The van der Waals surface area contributed by atoms with Gasteiger partial charge in [0.1, 0.15) is 0 Å². The average Bonchev–Trinajstić information content (AvgIpc) is 2.20. The largest absolute Gasteiger partial charge is 0.369 e. The second-order valence-corrected chi connectivity index (χ2v) is 4.00. The molecule has 1 aromatic carbocycles. The molecule has 1 atom stereocenters. The predicted molar refractivity (Wildman–Crippen MR) is 60.9 cm³/mol. The molecule has 1 unspecified atom stereocenters. The van der Waals surface area contributed by atoms with Crippen molar-refractivity contribution in [3.63, 3.8) is 0 Å². The molecule has 70 valence electrons. The lowest BCUT2D eigenvalue weighted by Gasteiger charge is -2.29. The molecule has 1 aromatic rings. The monoisotopic (exact) mass is 194 g/mol. The highest BCUT2D eigenvalue weighted by Crippen LogP contribution is 2.13. The van der Waals surface area contributed by atoms with E-state index in [1.54, 1.807) is 0 Å². The van der Waals surface area contributed by atoms with Crippen molar-refractivity contribution < 1.29 is 0 Å². The molecule has 2 rings (SSSR count). The highest BCUT2D eigenvalue weighted by Gasteiger charge is 2.08. The SMILES string of the molecule is Pc1ccc(N2CCNCC2)cc1. The smallest absolute Gasteiger partial charge is 0.0367 e. The molecule has 0 amide bonds. The number of nitrogens with one attached hydrogen (secondary N) is 1. The van der Waals surface area contributed by atoms with Crippen LogP contribution in [0.2, 0.25) is 0 Å². The van der Waals surface area contributed by atoms with Crippen LogP contribution in [0.15, 0.2) is 24.3 Å². The molecule has 1 heterocycles. The molecule has 0 radical (unpaired) electrons. The van der Waals surface area contributed by atoms with Crippen molar-refractivity contribution in [3.05, 3.63) is 24.3 Å². The molecule has 1 aliphatic rings. The lowest BCUT2D eigenvalue weighted by Crippen LogP contribution is -2.43. The van der Waals surface area contributed by atoms with E-state index in [1.165, 1.54) is 11.0 Å². The van der Waals surface area contributed by atoms with Crippen molar-refractivity contribution in [1.29, 1.82) is 0 Å². The fourth-order valence-electron chi connectivity index (χ4n) is 1.61. The van der Waals surface area contributed by atoms with E-state index in [2.05, 4.69) is 43.7 Å². The maximum absolute atomic E-state index is 3.35. The fraction of sp³-hybridized carbons (Fsp3) is 0.400. The number of nitrogens with zero attached hydrogens (tertiary/aromatic N) is 1.